The molecule has 5 heterocycles. The van der Waals surface area contributed by atoms with Crippen molar-refractivity contribution in [3.8, 4) is 0 Å². The molecule has 0 unspecified atom stereocenters. The van der Waals surface area contributed by atoms with E-state index in [-0.39, 0.29) is 30.0 Å². The van der Waals surface area contributed by atoms with Crippen LogP contribution in [0.1, 0.15) is 30.3 Å². The molecular weight excluding hydrogens is 481 g/mol. The number of carbonyl (C=O) groups is 3. The zero-order valence-corrected chi connectivity index (χ0v) is 19.3. The quantitative estimate of drug-likeness (QED) is 0.617. The van der Waals surface area contributed by atoms with E-state index in [1.54, 1.807) is 18.2 Å². The number of cyclic esters (lactones) is 1. The Labute approximate surface area is 204 Å². The van der Waals surface area contributed by atoms with Gasteiger partial charge in [0.15, 0.2) is 11.6 Å². The van der Waals surface area contributed by atoms with Crippen molar-refractivity contribution in [3.05, 3.63) is 36.2 Å². The van der Waals surface area contributed by atoms with Gasteiger partial charge in [-0.15, -0.1) is 0 Å². The van der Waals surface area contributed by atoms with E-state index in [0.29, 0.717) is 37.4 Å². The minimum atomic E-state index is -4.49. The number of anilines is 4. The number of alkyl halides is 3. The monoisotopic (exact) mass is 504 g/mol. The van der Waals surface area contributed by atoms with Crippen molar-refractivity contribution in [2.75, 3.05) is 46.3 Å². The number of rotatable bonds is 5. The lowest BCUT2D eigenvalue weighted by Gasteiger charge is -2.35. The van der Waals surface area contributed by atoms with Gasteiger partial charge in [-0.2, -0.15) is 13.2 Å². The lowest BCUT2D eigenvalue weighted by atomic mass is 10.0. The van der Waals surface area contributed by atoms with Crippen molar-refractivity contribution in [1.29, 1.82) is 0 Å². The highest BCUT2D eigenvalue weighted by atomic mass is 19.4. The van der Waals surface area contributed by atoms with E-state index in [9.17, 15) is 27.6 Å². The summed E-state index contributed by atoms with van der Waals surface area (Å²) in [6.07, 6.45) is -3.60. The van der Waals surface area contributed by atoms with Gasteiger partial charge < -0.3 is 9.64 Å². The van der Waals surface area contributed by atoms with Gasteiger partial charge >= 0.3 is 18.3 Å². The Bertz CT molecular complexity index is 1220. The molecule has 10 nitrogen and oxygen atoms in total. The molecule has 190 valence electrons. The molecule has 3 aliphatic rings. The Hall–Kier alpha value is -3.90. The summed E-state index contributed by atoms with van der Waals surface area (Å²) in [6.45, 7) is 2.83. The Kier molecular flexibility index (Phi) is 5.92. The highest BCUT2D eigenvalue weighted by Gasteiger charge is 2.41. The van der Waals surface area contributed by atoms with Crippen LogP contribution >= 0.6 is 0 Å². The number of urea groups is 1. The minimum absolute atomic E-state index is 0.127. The smallest absolute Gasteiger partial charge is 0.414 e. The molecular formula is C23H23F3N6O4. The Morgan fingerprint density at radius 1 is 1.25 bits per heavy atom. The number of hydrogen-bond acceptors (Lipinski definition) is 7. The normalized spacial score (nSPS) is 19.7. The molecule has 2 atom stereocenters. The van der Waals surface area contributed by atoms with Gasteiger partial charge in [0.25, 0.3) is 0 Å². The number of pyridine rings is 2. The van der Waals surface area contributed by atoms with Gasteiger partial charge in [-0.1, -0.05) is 6.92 Å². The molecule has 1 N–H and O–H groups in total. The number of hydrogen-bond donors (Lipinski definition) is 1. The first kappa shape index (κ1) is 23.8. The van der Waals surface area contributed by atoms with E-state index in [1.165, 1.54) is 22.1 Å². The van der Waals surface area contributed by atoms with E-state index in [1.807, 2.05) is 4.90 Å². The van der Waals surface area contributed by atoms with Crippen molar-refractivity contribution in [2.45, 2.75) is 32.0 Å². The highest BCUT2D eigenvalue weighted by molar-refractivity contribution is 6.05. The second kappa shape index (κ2) is 8.95. The van der Waals surface area contributed by atoms with Crippen molar-refractivity contribution < 1.29 is 32.3 Å². The Balaban J connectivity index is 1.40. The summed E-state index contributed by atoms with van der Waals surface area (Å²) in [7, 11) is 0. The predicted molar refractivity (Wildman–Crippen MR) is 123 cm³/mol. The number of halogens is 3. The van der Waals surface area contributed by atoms with Crippen LogP contribution in [0.2, 0.25) is 0 Å². The van der Waals surface area contributed by atoms with Crippen LogP contribution in [0.25, 0.3) is 0 Å². The van der Waals surface area contributed by atoms with E-state index in [4.69, 9.17) is 4.74 Å². The SMILES string of the molecule is C[C@@H](CC(=O)c1ccc2c(n1)N(C(=O)Nc1cc(N3CCOC3=O)ccn1)[C@H]1CCN2C1)C(F)(F)F. The van der Waals surface area contributed by atoms with Crippen molar-refractivity contribution >= 4 is 40.9 Å². The summed E-state index contributed by atoms with van der Waals surface area (Å²) in [5.41, 5.74) is 1.01. The summed E-state index contributed by atoms with van der Waals surface area (Å²) in [4.78, 5) is 51.2. The van der Waals surface area contributed by atoms with Gasteiger partial charge in [0.05, 0.1) is 29.9 Å². The van der Waals surface area contributed by atoms with Gasteiger partial charge in [0.2, 0.25) is 0 Å². The summed E-state index contributed by atoms with van der Waals surface area (Å²) >= 11 is 0. The number of nitrogens with one attached hydrogen (secondary N) is 1. The average molecular weight is 504 g/mol. The number of Topliss-reactive ketones (excluding diaryl/α,β-unsaturated/α-hetero) is 1. The molecule has 3 amide bonds. The third-order valence-corrected chi connectivity index (χ3v) is 6.56. The largest absolute Gasteiger partial charge is 0.447 e. The number of amides is 3. The summed E-state index contributed by atoms with van der Waals surface area (Å²) in [5, 5.41) is 2.72. The molecule has 2 fully saturated rings. The van der Waals surface area contributed by atoms with Crippen molar-refractivity contribution in [3.63, 3.8) is 0 Å². The molecule has 0 spiro atoms. The molecule has 0 saturated carbocycles. The van der Waals surface area contributed by atoms with E-state index >= 15 is 0 Å². The van der Waals surface area contributed by atoms with Crippen LogP contribution in [0, 0.1) is 5.92 Å². The maximum absolute atomic E-state index is 13.4. The van der Waals surface area contributed by atoms with Crippen LogP contribution in [-0.4, -0.2) is 66.3 Å². The maximum Gasteiger partial charge on any atom is 0.414 e. The number of ether oxygens (including phenoxy) is 1. The molecule has 0 aliphatic carbocycles. The molecule has 3 aliphatic heterocycles. The molecule has 36 heavy (non-hydrogen) atoms. The van der Waals surface area contributed by atoms with Crippen molar-refractivity contribution in [1.82, 2.24) is 9.97 Å². The molecule has 2 saturated heterocycles. The first-order chi connectivity index (χ1) is 17.1. The molecule has 2 aromatic rings. The Morgan fingerprint density at radius 2 is 2.06 bits per heavy atom. The van der Waals surface area contributed by atoms with Crippen LogP contribution in [-0.2, 0) is 4.74 Å². The fraction of sp³-hybridized carbons (Fsp3) is 0.435. The molecule has 0 radical (unpaired) electrons. The molecule has 5 rings (SSSR count). The topological polar surface area (TPSA) is 108 Å². The summed E-state index contributed by atoms with van der Waals surface area (Å²) in [6, 6.07) is 5.40. The number of fused-ring (bicyclic) bond motifs is 4. The fourth-order valence-electron chi connectivity index (χ4n) is 4.58. The van der Waals surface area contributed by atoms with Gasteiger partial charge in [-0.05, 0) is 24.6 Å². The second-order valence-corrected chi connectivity index (χ2v) is 8.96. The fourth-order valence-corrected chi connectivity index (χ4v) is 4.58. The highest BCUT2D eigenvalue weighted by Crippen LogP contribution is 2.39. The van der Waals surface area contributed by atoms with E-state index < -0.39 is 36.4 Å². The zero-order chi connectivity index (χ0) is 25.6. The number of ketones is 1. The minimum Gasteiger partial charge on any atom is -0.447 e. The van der Waals surface area contributed by atoms with Crippen LogP contribution in [0.5, 0.6) is 0 Å². The second-order valence-electron chi connectivity index (χ2n) is 8.96. The average Bonchev–Trinajstić information content (AvgIpc) is 3.45. The summed E-state index contributed by atoms with van der Waals surface area (Å²) in [5.74, 6) is -2.15. The van der Waals surface area contributed by atoms with Gasteiger partial charge in [0.1, 0.15) is 18.1 Å². The van der Waals surface area contributed by atoms with Crippen molar-refractivity contribution in [2.24, 2.45) is 5.92 Å². The number of nitrogens with zero attached hydrogens (tertiary/aromatic N) is 5. The molecule has 0 aromatic carbocycles. The van der Waals surface area contributed by atoms with Crippen LogP contribution < -0.4 is 20.0 Å². The molecule has 2 aromatic heterocycles. The lowest BCUT2D eigenvalue weighted by molar-refractivity contribution is -0.168. The first-order valence-electron chi connectivity index (χ1n) is 11.5. The van der Waals surface area contributed by atoms with Crippen LogP contribution in [0.15, 0.2) is 30.5 Å². The standard InChI is InChI=1S/C23H23F3N6O4/c1-13(23(24,25)26)10-18(33)16-2-3-17-20(28-16)32(15-5-7-30(17)12-15)21(34)29-19-11-14(4-6-27-19)31-8-9-36-22(31)35/h2-4,6,11,13,15H,5,7-10,12H2,1H3,(H,27,29,34)/t13-,15-/m0/s1. The number of aromatic nitrogens is 2. The zero-order valence-electron chi connectivity index (χ0n) is 19.3. The Morgan fingerprint density at radius 3 is 2.78 bits per heavy atom. The van der Waals surface area contributed by atoms with Gasteiger partial charge in [-0.25, -0.2) is 19.6 Å². The van der Waals surface area contributed by atoms with E-state index in [2.05, 4.69) is 15.3 Å². The molecule has 13 heteroatoms. The third kappa shape index (κ3) is 4.40. The lowest BCUT2D eigenvalue weighted by Crippen LogP contribution is -2.48. The predicted octanol–water partition coefficient (Wildman–Crippen LogP) is 3.84. The maximum atomic E-state index is 13.4. The van der Waals surface area contributed by atoms with E-state index in [0.717, 1.165) is 6.92 Å². The number of carbonyl (C=O) groups excluding carboxylic acids is 3. The van der Waals surface area contributed by atoms with Gasteiger partial charge in [0, 0.05) is 31.8 Å². The molecule has 2 bridgehead atoms. The van der Waals surface area contributed by atoms with Gasteiger partial charge in [-0.3, -0.25) is 19.9 Å². The van der Waals surface area contributed by atoms with Crippen LogP contribution in [0.4, 0.5) is 45.8 Å². The first-order valence-corrected chi connectivity index (χ1v) is 11.5. The van der Waals surface area contributed by atoms with Crippen LogP contribution in [0.3, 0.4) is 0 Å². The summed E-state index contributed by atoms with van der Waals surface area (Å²) < 4.78 is 43.8. The third-order valence-electron chi connectivity index (χ3n) is 6.56.